The molecular weight excluding hydrogens is 172 g/mol. The van der Waals surface area contributed by atoms with Crippen LogP contribution in [0.1, 0.15) is 13.3 Å². The Morgan fingerprint density at radius 1 is 1.38 bits per heavy atom. The monoisotopic (exact) mass is 180 g/mol. The van der Waals surface area contributed by atoms with Crippen LogP contribution in [0.25, 0.3) is 0 Å². The van der Waals surface area contributed by atoms with E-state index in [2.05, 4.69) is 14.7 Å². The topological polar surface area (TPSA) is 69.2 Å². The van der Waals surface area contributed by atoms with Gasteiger partial charge in [0.05, 0.1) is 0 Å². The molecule has 0 aromatic carbocycles. The highest BCUT2D eigenvalue weighted by Gasteiger charge is 2.14. The number of rotatable bonds is 3. The van der Waals surface area contributed by atoms with Crippen LogP contribution in [-0.4, -0.2) is 21.7 Å². The predicted octanol–water partition coefficient (Wildman–Crippen LogP) is 0.361. The molecule has 0 N–H and O–H groups in total. The molecule has 0 amide bonds. The lowest BCUT2D eigenvalue weighted by molar-refractivity contribution is -0.147. The highest BCUT2D eigenvalue weighted by molar-refractivity contribution is 6.33. The molecule has 0 saturated carbocycles. The van der Waals surface area contributed by atoms with E-state index >= 15 is 0 Å². The summed E-state index contributed by atoms with van der Waals surface area (Å²) in [5.74, 6) is -1.51. The number of carbonyl (C=O) groups excluding carboxylic acids is 2. The van der Waals surface area contributed by atoms with Gasteiger partial charge in [-0.2, -0.15) is 0 Å². The lowest BCUT2D eigenvalue weighted by Crippen LogP contribution is -2.20. The summed E-state index contributed by atoms with van der Waals surface area (Å²) >= 11 is 0. The van der Waals surface area contributed by atoms with Crippen molar-refractivity contribution in [2.75, 3.05) is 0 Å². The third kappa shape index (κ3) is 2.62. The summed E-state index contributed by atoms with van der Waals surface area (Å²) in [7, 11) is 0. The highest BCUT2D eigenvalue weighted by Crippen LogP contribution is 1.98. The van der Waals surface area contributed by atoms with E-state index in [1.165, 1.54) is 12.4 Å². The first kappa shape index (κ1) is 9.31. The van der Waals surface area contributed by atoms with E-state index in [-0.39, 0.29) is 12.4 Å². The minimum Gasteiger partial charge on any atom is -0.385 e. The molecule has 13 heavy (non-hydrogen) atoms. The van der Waals surface area contributed by atoms with Crippen molar-refractivity contribution in [1.29, 1.82) is 0 Å². The van der Waals surface area contributed by atoms with Crippen LogP contribution in [0.2, 0.25) is 0 Å². The number of hydrogen-bond donors (Lipinski definition) is 0. The smallest absolute Gasteiger partial charge is 0.382 e. The first-order valence-electron chi connectivity index (χ1n) is 3.76. The van der Waals surface area contributed by atoms with Gasteiger partial charge in [-0.25, -0.2) is 14.8 Å². The molecule has 0 spiro atoms. The van der Waals surface area contributed by atoms with Gasteiger partial charge in [-0.3, -0.25) is 4.79 Å². The van der Waals surface area contributed by atoms with Gasteiger partial charge in [0.25, 0.3) is 0 Å². The van der Waals surface area contributed by atoms with Gasteiger partial charge >= 0.3 is 12.0 Å². The van der Waals surface area contributed by atoms with E-state index in [0.29, 0.717) is 0 Å². The average Bonchev–Trinajstić information content (AvgIpc) is 2.18. The number of esters is 1. The second kappa shape index (κ2) is 4.30. The predicted molar refractivity (Wildman–Crippen MR) is 43.0 cm³/mol. The van der Waals surface area contributed by atoms with Crippen molar-refractivity contribution in [1.82, 2.24) is 9.97 Å². The fraction of sp³-hybridized carbons (Fsp3) is 0.250. The van der Waals surface area contributed by atoms with Gasteiger partial charge < -0.3 is 4.74 Å². The van der Waals surface area contributed by atoms with E-state index in [1.807, 2.05) is 0 Å². The van der Waals surface area contributed by atoms with Crippen LogP contribution in [0.5, 0.6) is 6.01 Å². The molecule has 1 heterocycles. The molecule has 1 aromatic rings. The standard InChI is InChI=1S/C8H8N2O3/c1-2-6(11)7(12)13-8-9-4-3-5-10-8/h3-5H,2H2,1H3. The van der Waals surface area contributed by atoms with Crippen molar-refractivity contribution in [2.45, 2.75) is 13.3 Å². The van der Waals surface area contributed by atoms with E-state index < -0.39 is 11.8 Å². The van der Waals surface area contributed by atoms with Gasteiger partial charge in [0.15, 0.2) is 0 Å². The van der Waals surface area contributed by atoms with E-state index in [1.54, 1.807) is 13.0 Å². The lowest BCUT2D eigenvalue weighted by Gasteiger charge is -1.97. The Bertz CT molecular complexity index is 310. The number of carbonyl (C=O) groups is 2. The van der Waals surface area contributed by atoms with E-state index in [9.17, 15) is 9.59 Å². The van der Waals surface area contributed by atoms with Crippen LogP contribution in [0.3, 0.4) is 0 Å². The number of ketones is 1. The van der Waals surface area contributed by atoms with Gasteiger partial charge in [-0.1, -0.05) is 6.92 Å². The highest BCUT2D eigenvalue weighted by atomic mass is 16.6. The van der Waals surface area contributed by atoms with E-state index in [4.69, 9.17) is 0 Å². The molecule has 5 nitrogen and oxygen atoms in total. The zero-order chi connectivity index (χ0) is 9.68. The molecular formula is C8H8N2O3. The summed E-state index contributed by atoms with van der Waals surface area (Å²) in [6, 6.07) is 1.48. The molecule has 0 fully saturated rings. The molecule has 68 valence electrons. The van der Waals surface area contributed by atoms with Crippen LogP contribution < -0.4 is 4.74 Å². The number of ether oxygens (including phenoxy) is 1. The average molecular weight is 180 g/mol. The minimum absolute atomic E-state index is 0.102. The largest absolute Gasteiger partial charge is 0.385 e. The number of nitrogens with zero attached hydrogens (tertiary/aromatic N) is 2. The summed E-state index contributed by atoms with van der Waals surface area (Å²) in [4.78, 5) is 28.9. The maximum Gasteiger partial charge on any atom is 0.382 e. The molecule has 0 saturated heterocycles. The van der Waals surface area contributed by atoms with Crippen LogP contribution in [0.15, 0.2) is 18.5 Å². The first-order chi connectivity index (χ1) is 6.24. The number of aromatic nitrogens is 2. The van der Waals surface area contributed by atoms with Crippen LogP contribution in [-0.2, 0) is 9.59 Å². The maximum absolute atomic E-state index is 10.9. The lowest BCUT2D eigenvalue weighted by atomic mass is 10.3. The Kier molecular flexibility index (Phi) is 3.08. The molecule has 5 heteroatoms. The Morgan fingerprint density at radius 3 is 2.54 bits per heavy atom. The molecule has 1 rings (SSSR count). The zero-order valence-corrected chi connectivity index (χ0v) is 7.06. The zero-order valence-electron chi connectivity index (χ0n) is 7.06. The van der Waals surface area contributed by atoms with Gasteiger partial charge in [-0.05, 0) is 6.07 Å². The summed E-state index contributed by atoms with van der Waals surface area (Å²) in [6.45, 7) is 1.58. The summed E-state index contributed by atoms with van der Waals surface area (Å²) in [5, 5.41) is 0. The Labute approximate surface area is 74.8 Å². The van der Waals surface area contributed by atoms with Gasteiger partial charge in [0, 0.05) is 18.8 Å². The van der Waals surface area contributed by atoms with Crippen molar-refractivity contribution >= 4 is 11.8 Å². The molecule has 0 aliphatic heterocycles. The van der Waals surface area contributed by atoms with Gasteiger partial charge in [0.2, 0.25) is 5.78 Å². The third-order valence-electron chi connectivity index (χ3n) is 1.27. The molecule has 0 atom stereocenters. The minimum atomic E-state index is -0.922. The van der Waals surface area contributed by atoms with Crippen molar-refractivity contribution < 1.29 is 14.3 Å². The fourth-order valence-electron chi connectivity index (χ4n) is 0.622. The molecule has 0 aliphatic rings. The van der Waals surface area contributed by atoms with Crippen molar-refractivity contribution in [3.8, 4) is 6.01 Å². The molecule has 0 radical (unpaired) electrons. The Balaban J connectivity index is 2.60. The quantitative estimate of drug-likeness (QED) is 0.496. The second-order valence-corrected chi connectivity index (χ2v) is 2.20. The van der Waals surface area contributed by atoms with Crippen LogP contribution in [0, 0.1) is 0 Å². The molecule has 0 unspecified atom stereocenters. The molecule has 0 aliphatic carbocycles. The van der Waals surface area contributed by atoms with Crippen LogP contribution >= 0.6 is 0 Å². The Hall–Kier alpha value is -1.78. The third-order valence-corrected chi connectivity index (χ3v) is 1.27. The Morgan fingerprint density at radius 2 is 2.00 bits per heavy atom. The van der Waals surface area contributed by atoms with Crippen LogP contribution in [0.4, 0.5) is 0 Å². The van der Waals surface area contributed by atoms with Gasteiger partial charge in [0.1, 0.15) is 0 Å². The van der Waals surface area contributed by atoms with Crippen molar-refractivity contribution in [2.24, 2.45) is 0 Å². The normalized spacial score (nSPS) is 9.31. The maximum atomic E-state index is 10.9. The molecule has 1 aromatic heterocycles. The summed E-state index contributed by atoms with van der Waals surface area (Å²) in [5.41, 5.74) is 0. The summed E-state index contributed by atoms with van der Waals surface area (Å²) < 4.78 is 4.56. The first-order valence-corrected chi connectivity index (χ1v) is 3.76. The second-order valence-electron chi connectivity index (χ2n) is 2.20. The fourth-order valence-corrected chi connectivity index (χ4v) is 0.622. The van der Waals surface area contributed by atoms with Crippen molar-refractivity contribution in [3.05, 3.63) is 18.5 Å². The molecule has 0 bridgehead atoms. The SMILES string of the molecule is CCC(=O)C(=O)Oc1ncccn1. The van der Waals surface area contributed by atoms with E-state index in [0.717, 1.165) is 0 Å². The number of hydrogen-bond acceptors (Lipinski definition) is 5. The van der Waals surface area contributed by atoms with Crippen molar-refractivity contribution in [3.63, 3.8) is 0 Å². The number of Topliss-reactive ketones (excluding diaryl/α,β-unsaturated/α-hetero) is 1. The van der Waals surface area contributed by atoms with Gasteiger partial charge in [-0.15, -0.1) is 0 Å². The summed E-state index contributed by atoms with van der Waals surface area (Å²) in [6.07, 6.45) is 2.96.